The Bertz CT molecular complexity index is 194. The van der Waals surface area contributed by atoms with E-state index in [1.165, 1.54) is 0 Å². The van der Waals surface area contributed by atoms with E-state index in [4.69, 9.17) is 10.00 Å². The van der Waals surface area contributed by atoms with E-state index in [9.17, 15) is 0 Å². The van der Waals surface area contributed by atoms with Crippen LogP contribution in [0.25, 0.3) is 0 Å². The number of hydrogen-bond donors (Lipinski definition) is 1. The van der Waals surface area contributed by atoms with Gasteiger partial charge in [0.15, 0.2) is 0 Å². The number of nitrogens with zero attached hydrogens (tertiary/aromatic N) is 1. The van der Waals surface area contributed by atoms with Crippen molar-refractivity contribution >= 4 is 0 Å². The van der Waals surface area contributed by atoms with Gasteiger partial charge in [-0.3, -0.25) is 0 Å². The summed E-state index contributed by atoms with van der Waals surface area (Å²) in [7, 11) is 0. The van der Waals surface area contributed by atoms with E-state index in [0.29, 0.717) is 12.6 Å². The molecule has 15 heavy (non-hydrogen) atoms. The number of ether oxygens (including phenoxy) is 1. The Hall–Kier alpha value is -0.590. The SMILES string of the molecule is CC(C)NCCCOCCC(C)(C)C#N. The molecule has 0 bridgehead atoms. The van der Waals surface area contributed by atoms with Gasteiger partial charge in [-0.2, -0.15) is 5.26 Å². The van der Waals surface area contributed by atoms with Crippen LogP contribution in [0.15, 0.2) is 0 Å². The molecule has 0 saturated heterocycles. The second kappa shape index (κ2) is 7.67. The van der Waals surface area contributed by atoms with Gasteiger partial charge < -0.3 is 10.1 Å². The van der Waals surface area contributed by atoms with Crippen molar-refractivity contribution in [3.05, 3.63) is 0 Å². The van der Waals surface area contributed by atoms with Crippen LogP contribution in [0, 0.1) is 16.7 Å². The average molecular weight is 212 g/mol. The van der Waals surface area contributed by atoms with Gasteiger partial charge in [-0.05, 0) is 33.2 Å². The van der Waals surface area contributed by atoms with Crippen LogP contribution in [0.2, 0.25) is 0 Å². The van der Waals surface area contributed by atoms with Gasteiger partial charge in [0.1, 0.15) is 0 Å². The fourth-order valence-electron chi connectivity index (χ4n) is 1.05. The highest BCUT2D eigenvalue weighted by molar-refractivity contribution is 4.91. The molecule has 0 unspecified atom stereocenters. The molecule has 0 aliphatic carbocycles. The first-order valence-corrected chi connectivity index (χ1v) is 5.70. The average Bonchev–Trinajstić information content (AvgIpc) is 2.16. The lowest BCUT2D eigenvalue weighted by atomic mass is 9.92. The molecule has 0 aliphatic heterocycles. The highest BCUT2D eigenvalue weighted by Gasteiger charge is 2.15. The Kier molecular flexibility index (Phi) is 7.37. The molecule has 0 spiro atoms. The van der Waals surface area contributed by atoms with Crippen LogP contribution in [0.3, 0.4) is 0 Å². The summed E-state index contributed by atoms with van der Waals surface area (Å²) >= 11 is 0. The van der Waals surface area contributed by atoms with Crippen LogP contribution in [0.5, 0.6) is 0 Å². The zero-order chi connectivity index (χ0) is 11.7. The molecule has 0 fully saturated rings. The topological polar surface area (TPSA) is 45.0 Å². The van der Waals surface area contributed by atoms with E-state index in [1.54, 1.807) is 0 Å². The van der Waals surface area contributed by atoms with E-state index >= 15 is 0 Å². The van der Waals surface area contributed by atoms with Gasteiger partial charge in [0.05, 0.1) is 11.5 Å². The Morgan fingerprint density at radius 3 is 2.53 bits per heavy atom. The highest BCUT2D eigenvalue weighted by Crippen LogP contribution is 2.17. The highest BCUT2D eigenvalue weighted by atomic mass is 16.5. The molecule has 0 heterocycles. The Morgan fingerprint density at radius 1 is 1.33 bits per heavy atom. The van der Waals surface area contributed by atoms with E-state index in [1.807, 2.05) is 13.8 Å². The van der Waals surface area contributed by atoms with Crippen LogP contribution >= 0.6 is 0 Å². The minimum Gasteiger partial charge on any atom is -0.381 e. The summed E-state index contributed by atoms with van der Waals surface area (Å²) in [6.45, 7) is 10.6. The van der Waals surface area contributed by atoms with Gasteiger partial charge in [-0.25, -0.2) is 0 Å². The summed E-state index contributed by atoms with van der Waals surface area (Å²) in [5.74, 6) is 0. The van der Waals surface area contributed by atoms with Crippen LogP contribution in [0.4, 0.5) is 0 Å². The molecular weight excluding hydrogens is 188 g/mol. The van der Waals surface area contributed by atoms with Crippen molar-refractivity contribution < 1.29 is 4.74 Å². The first-order chi connectivity index (χ1) is 6.98. The van der Waals surface area contributed by atoms with Crippen LogP contribution < -0.4 is 5.32 Å². The lowest BCUT2D eigenvalue weighted by molar-refractivity contribution is 0.112. The summed E-state index contributed by atoms with van der Waals surface area (Å²) in [5.41, 5.74) is -0.254. The smallest absolute Gasteiger partial charge is 0.0684 e. The van der Waals surface area contributed by atoms with Crippen LogP contribution in [-0.4, -0.2) is 25.8 Å². The maximum Gasteiger partial charge on any atom is 0.0684 e. The maximum absolute atomic E-state index is 8.78. The van der Waals surface area contributed by atoms with Crippen molar-refractivity contribution in [3.8, 4) is 6.07 Å². The predicted molar refractivity (Wildman–Crippen MR) is 62.6 cm³/mol. The second-order valence-corrected chi connectivity index (χ2v) is 4.82. The second-order valence-electron chi connectivity index (χ2n) is 4.82. The number of nitriles is 1. The minimum atomic E-state index is -0.254. The molecule has 0 aliphatic rings. The molecule has 88 valence electrons. The van der Waals surface area contributed by atoms with Crippen molar-refractivity contribution in [1.82, 2.24) is 5.32 Å². The summed E-state index contributed by atoms with van der Waals surface area (Å²) < 4.78 is 5.46. The fourth-order valence-corrected chi connectivity index (χ4v) is 1.05. The van der Waals surface area contributed by atoms with Crippen LogP contribution in [-0.2, 0) is 4.74 Å². The molecule has 0 aromatic carbocycles. The summed E-state index contributed by atoms with van der Waals surface area (Å²) in [5, 5.41) is 12.1. The zero-order valence-electron chi connectivity index (χ0n) is 10.5. The van der Waals surface area contributed by atoms with Gasteiger partial charge in [-0.15, -0.1) is 0 Å². The van der Waals surface area contributed by atoms with Crippen molar-refractivity contribution in [2.24, 2.45) is 5.41 Å². The summed E-state index contributed by atoms with van der Waals surface area (Å²) in [6, 6.07) is 2.81. The summed E-state index contributed by atoms with van der Waals surface area (Å²) in [6.07, 6.45) is 1.84. The molecule has 0 saturated carbocycles. The van der Waals surface area contributed by atoms with Gasteiger partial charge in [0, 0.05) is 19.3 Å². The summed E-state index contributed by atoms with van der Waals surface area (Å²) in [4.78, 5) is 0. The molecule has 1 N–H and O–H groups in total. The van der Waals surface area contributed by atoms with Crippen LogP contribution in [0.1, 0.15) is 40.5 Å². The van der Waals surface area contributed by atoms with Gasteiger partial charge in [-0.1, -0.05) is 13.8 Å². The molecular formula is C12H24N2O. The number of hydrogen-bond acceptors (Lipinski definition) is 3. The molecule has 0 amide bonds. The lowest BCUT2D eigenvalue weighted by Crippen LogP contribution is -2.24. The van der Waals surface area contributed by atoms with E-state index in [2.05, 4.69) is 25.2 Å². The first kappa shape index (κ1) is 14.4. The van der Waals surface area contributed by atoms with Crippen molar-refractivity contribution in [3.63, 3.8) is 0 Å². The molecule has 0 aromatic heterocycles. The standard InChI is InChI=1S/C12H24N2O/c1-11(2)14-7-5-8-15-9-6-12(3,4)10-13/h11,14H,5-9H2,1-4H3. The van der Waals surface area contributed by atoms with Gasteiger partial charge >= 0.3 is 0 Å². The molecule has 0 radical (unpaired) electrons. The molecule has 0 atom stereocenters. The third kappa shape index (κ3) is 9.71. The normalized spacial score (nSPS) is 11.7. The Morgan fingerprint density at radius 2 is 2.00 bits per heavy atom. The van der Waals surface area contributed by atoms with Gasteiger partial charge in [0.25, 0.3) is 0 Å². The van der Waals surface area contributed by atoms with Gasteiger partial charge in [0.2, 0.25) is 0 Å². The van der Waals surface area contributed by atoms with Crippen molar-refractivity contribution in [1.29, 1.82) is 5.26 Å². The maximum atomic E-state index is 8.78. The quantitative estimate of drug-likeness (QED) is 0.628. The first-order valence-electron chi connectivity index (χ1n) is 5.70. The molecule has 3 nitrogen and oxygen atoms in total. The van der Waals surface area contributed by atoms with Crippen molar-refractivity contribution in [2.45, 2.75) is 46.6 Å². The number of rotatable bonds is 8. The van der Waals surface area contributed by atoms with E-state index in [-0.39, 0.29) is 5.41 Å². The van der Waals surface area contributed by atoms with E-state index < -0.39 is 0 Å². The largest absolute Gasteiger partial charge is 0.381 e. The molecule has 3 heteroatoms. The minimum absolute atomic E-state index is 0.254. The number of nitrogens with one attached hydrogen (secondary N) is 1. The third-order valence-electron chi connectivity index (χ3n) is 2.19. The third-order valence-corrected chi connectivity index (χ3v) is 2.19. The fraction of sp³-hybridized carbons (Fsp3) is 0.917. The lowest BCUT2D eigenvalue weighted by Gasteiger charge is -2.14. The van der Waals surface area contributed by atoms with E-state index in [0.717, 1.165) is 26.0 Å². The van der Waals surface area contributed by atoms with Crippen molar-refractivity contribution in [2.75, 3.05) is 19.8 Å². The zero-order valence-corrected chi connectivity index (χ0v) is 10.5. The molecule has 0 aromatic rings. The Balaban J connectivity index is 3.23. The monoisotopic (exact) mass is 212 g/mol. The Labute approximate surface area is 93.8 Å². The predicted octanol–water partition coefficient (Wildman–Crippen LogP) is 2.33. The molecule has 0 rings (SSSR count).